The summed E-state index contributed by atoms with van der Waals surface area (Å²) < 4.78 is 5.63. The number of hydrogen-bond acceptors (Lipinski definition) is 3. The van der Waals surface area contributed by atoms with E-state index in [1.807, 2.05) is 19.1 Å². The molecule has 0 bridgehead atoms. The predicted octanol–water partition coefficient (Wildman–Crippen LogP) is 5.61. The zero-order chi connectivity index (χ0) is 20.1. The Morgan fingerprint density at radius 1 is 1.07 bits per heavy atom. The van der Waals surface area contributed by atoms with Gasteiger partial charge in [0, 0.05) is 18.0 Å². The molecule has 2 atom stereocenters. The molecule has 2 aliphatic rings. The van der Waals surface area contributed by atoms with E-state index in [1.165, 1.54) is 56.0 Å². The third-order valence-corrected chi connectivity index (χ3v) is 6.33. The van der Waals surface area contributed by atoms with Gasteiger partial charge in [-0.15, -0.1) is 0 Å². The van der Waals surface area contributed by atoms with Gasteiger partial charge >= 0.3 is 5.97 Å². The van der Waals surface area contributed by atoms with Crippen molar-refractivity contribution in [3.8, 4) is 0 Å². The molecular formula is C26H31NO2. The number of hydrogen-bond donors (Lipinski definition) is 0. The first-order chi connectivity index (χ1) is 14.2. The highest BCUT2D eigenvalue weighted by atomic mass is 16.5. The maximum absolute atomic E-state index is 12.3. The van der Waals surface area contributed by atoms with Crippen molar-refractivity contribution in [2.24, 2.45) is 5.92 Å². The van der Waals surface area contributed by atoms with Gasteiger partial charge in [0.15, 0.2) is 0 Å². The summed E-state index contributed by atoms with van der Waals surface area (Å²) in [7, 11) is 0. The molecule has 0 aliphatic carbocycles. The van der Waals surface area contributed by atoms with Gasteiger partial charge in [-0.1, -0.05) is 55.0 Å². The first-order valence-electron chi connectivity index (χ1n) is 10.9. The summed E-state index contributed by atoms with van der Waals surface area (Å²) in [5, 5.41) is 2.46. The van der Waals surface area contributed by atoms with Crippen LogP contribution in [0.4, 0.5) is 0 Å². The van der Waals surface area contributed by atoms with E-state index in [0.29, 0.717) is 18.6 Å². The van der Waals surface area contributed by atoms with Crippen LogP contribution in [-0.4, -0.2) is 36.6 Å². The average molecular weight is 390 g/mol. The maximum atomic E-state index is 12.3. The molecule has 2 heterocycles. The van der Waals surface area contributed by atoms with Crippen LogP contribution in [-0.2, 0) is 9.53 Å². The van der Waals surface area contributed by atoms with Crippen molar-refractivity contribution in [2.75, 3.05) is 19.7 Å². The van der Waals surface area contributed by atoms with E-state index in [0.717, 1.165) is 11.1 Å². The van der Waals surface area contributed by atoms with Crippen LogP contribution in [0.2, 0.25) is 0 Å². The van der Waals surface area contributed by atoms with Crippen molar-refractivity contribution in [1.82, 2.24) is 4.90 Å². The number of carbonyl (C=O) groups is 1. The van der Waals surface area contributed by atoms with Crippen LogP contribution in [0, 0.1) is 5.92 Å². The van der Waals surface area contributed by atoms with E-state index in [9.17, 15) is 4.79 Å². The Morgan fingerprint density at radius 2 is 1.90 bits per heavy atom. The van der Waals surface area contributed by atoms with Gasteiger partial charge in [0.2, 0.25) is 0 Å². The van der Waals surface area contributed by atoms with Crippen LogP contribution in [0.1, 0.15) is 44.6 Å². The molecular weight excluding hydrogens is 358 g/mol. The number of ether oxygens (including phenoxy) is 1. The largest absolute Gasteiger partial charge is 0.462 e. The summed E-state index contributed by atoms with van der Waals surface area (Å²) in [4.78, 5) is 14.9. The van der Waals surface area contributed by atoms with Gasteiger partial charge in [0.1, 0.15) is 0 Å². The van der Waals surface area contributed by atoms with Crippen molar-refractivity contribution in [1.29, 1.82) is 0 Å². The van der Waals surface area contributed by atoms with Crippen LogP contribution < -0.4 is 0 Å². The Bertz CT molecular complexity index is 912. The van der Waals surface area contributed by atoms with E-state index in [4.69, 9.17) is 4.74 Å². The summed E-state index contributed by atoms with van der Waals surface area (Å²) in [6.45, 7) is 4.93. The smallest absolute Gasteiger partial charge is 0.331 e. The summed E-state index contributed by atoms with van der Waals surface area (Å²) in [6.07, 6.45) is 11.9. The van der Waals surface area contributed by atoms with E-state index in [2.05, 4.69) is 47.4 Å². The predicted molar refractivity (Wildman–Crippen MR) is 120 cm³/mol. The fraction of sp³-hybridized carbons (Fsp3) is 0.423. The molecule has 2 unspecified atom stereocenters. The van der Waals surface area contributed by atoms with Crippen LogP contribution in [0.5, 0.6) is 0 Å². The van der Waals surface area contributed by atoms with E-state index < -0.39 is 0 Å². The Labute approximate surface area is 174 Å². The molecule has 2 saturated heterocycles. The van der Waals surface area contributed by atoms with Gasteiger partial charge in [0.05, 0.1) is 6.61 Å². The Kier molecular flexibility index (Phi) is 6.46. The summed E-state index contributed by atoms with van der Waals surface area (Å²) >= 11 is 0. The van der Waals surface area contributed by atoms with Gasteiger partial charge in [-0.25, -0.2) is 4.79 Å². The second kappa shape index (κ2) is 9.41. The van der Waals surface area contributed by atoms with Crippen molar-refractivity contribution >= 4 is 22.8 Å². The molecule has 29 heavy (non-hydrogen) atoms. The minimum atomic E-state index is -0.224. The molecule has 0 N–H and O–H groups in total. The highest BCUT2D eigenvalue weighted by molar-refractivity contribution is 5.85. The Balaban J connectivity index is 1.32. The molecule has 0 aromatic heterocycles. The lowest BCUT2D eigenvalue weighted by molar-refractivity contribution is -0.140. The van der Waals surface area contributed by atoms with Gasteiger partial charge in [-0.3, -0.25) is 4.90 Å². The van der Waals surface area contributed by atoms with Gasteiger partial charge in [-0.05, 0) is 73.7 Å². The number of rotatable bonds is 5. The zero-order valence-corrected chi connectivity index (χ0v) is 17.3. The van der Waals surface area contributed by atoms with Gasteiger partial charge in [-0.2, -0.15) is 0 Å². The lowest BCUT2D eigenvalue weighted by atomic mass is 9.84. The Morgan fingerprint density at radius 3 is 2.79 bits per heavy atom. The highest BCUT2D eigenvalue weighted by Crippen LogP contribution is 2.31. The first-order valence-corrected chi connectivity index (χ1v) is 10.9. The van der Waals surface area contributed by atoms with Crippen LogP contribution in [0.25, 0.3) is 16.8 Å². The SMILES string of the molecule is CC(/C=C/c1ccc2ccccc2c1)=C\C(=O)OCC1CCCN2CCCCC12. The molecule has 0 saturated carbocycles. The quantitative estimate of drug-likeness (QED) is 0.378. The number of esters is 1. The normalized spacial score (nSPS) is 23.3. The molecule has 3 heteroatoms. The van der Waals surface area contributed by atoms with Crippen molar-refractivity contribution in [3.63, 3.8) is 0 Å². The zero-order valence-electron chi connectivity index (χ0n) is 17.3. The Hall–Kier alpha value is -2.39. The highest BCUT2D eigenvalue weighted by Gasteiger charge is 2.33. The van der Waals surface area contributed by atoms with Crippen LogP contribution in [0.3, 0.4) is 0 Å². The third-order valence-electron chi connectivity index (χ3n) is 6.33. The topological polar surface area (TPSA) is 29.5 Å². The van der Waals surface area contributed by atoms with Gasteiger partial charge in [0.25, 0.3) is 0 Å². The van der Waals surface area contributed by atoms with Crippen molar-refractivity contribution in [2.45, 2.75) is 45.1 Å². The third kappa shape index (κ3) is 5.16. The fourth-order valence-corrected chi connectivity index (χ4v) is 4.78. The summed E-state index contributed by atoms with van der Waals surface area (Å²) in [5.74, 6) is 0.272. The van der Waals surface area contributed by atoms with Crippen LogP contribution >= 0.6 is 0 Å². The molecule has 4 rings (SSSR count). The lowest BCUT2D eigenvalue weighted by Gasteiger charge is -2.44. The average Bonchev–Trinajstić information content (AvgIpc) is 2.76. The van der Waals surface area contributed by atoms with Crippen LogP contribution in [0.15, 0.2) is 60.2 Å². The van der Waals surface area contributed by atoms with E-state index >= 15 is 0 Å². The molecule has 2 aromatic carbocycles. The van der Waals surface area contributed by atoms with Crippen molar-refractivity contribution < 1.29 is 9.53 Å². The number of allylic oxidation sites excluding steroid dienone is 2. The molecule has 152 valence electrons. The molecule has 2 aliphatic heterocycles. The second-order valence-electron chi connectivity index (χ2n) is 8.46. The van der Waals surface area contributed by atoms with Gasteiger partial charge < -0.3 is 4.74 Å². The standard InChI is InChI=1S/C26H31NO2/c1-20(11-12-21-13-14-22-7-2-3-8-23(22)18-21)17-26(28)29-19-24-9-6-16-27-15-5-4-10-25(24)27/h2-3,7-8,11-14,17-18,24-25H,4-6,9-10,15-16,19H2,1H3/b12-11+,20-17+. The number of fused-ring (bicyclic) bond motifs is 2. The second-order valence-corrected chi connectivity index (χ2v) is 8.46. The molecule has 3 nitrogen and oxygen atoms in total. The summed E-state index contributed by atoms with van der Waals surface area (Å²) in [6, 6.07) is 15.3. The number of nitrogens with zero attached hydrogens (tertiary/aromatic N) is 1. The number of benzene rings is 2. The van der Waals surface area contributed by atoms with E-state index in [-0.39, 0.29) is 5.97 Å². The fourth-order valence-electron chi connectivity index (χ4n) is 4.78. The molecule has 0 radical (unpaired) electrons. The molecule has 2 aromatic rings. The molecule has 2 fully saturated rings. The number of piperidine rings is 2. The minimum absolute atomic E-state index is 0.224. The monoisotopic (exact) mass is 389 g/mol. The van der Waals surface area contributed by atoms with E-state index in [1.54, 1.807) is 6.08 Å². The number of carbonyl (C=O) groups excluding carboxylic acids is 1. The van der Waals surface area contributed by atoms with Crippen molar-refractivity contribution in [3.05, 3.63) is 65.8 Å². The molecule has 0 spiro atoms. The first kappa shape index (κ1) is 19.9. The molecule has 0 amide bonds. The maximum Gasteiger partial charge on any atom is 0.331 e. The lowest BCUT2D eigenvalue weighted by Crippen LogP contribution is -2.49. The minimum Gasteiger partial charge on any atom is -0.462 e. The summed E-state index contributed by atoms with van der Waals surface area (Å²) in [5.41, 5.74) is 2.04.